The molecule has 2 saturated carbocycles. The SMILES string of the molecule is C=C(/C=C/C=C(\CO)[C@@H]1CC[C@]2([C@H](CCCO)/C(=C(\C)C=O)CC[C@]2(C)O)[C@@H]1O)CCC=C(C)C. The first-order valence-corrected chi connectivity index (χ1v) is 13.0. The summed E-state index contributed by atoms with van der Waals surface area (Å²) in [4.78, 5) is 11.7. The van der Waals surface area contributed by atoms with Gasteiger partial charge in [0.05, 0.1) is 18.3 Å². The Morgan fingerprint density at radius 2 is 1.91 bits per heavy atom. The van der Waals surface area contributed by atoms with Crippen LogP contribution in [-0.4, -0.2) is 51.6 Å². The predicted molar refractivity (Wildman–Crippen MR) is 142 cm³/mol. The van der Waals surface area contributed by atoms with Gasteiger partial charge in [0.25, 0.3) is 0 Å². The molecule has 5 atom stereocenters. The second-order valence-electron chi connectivity index (χ2n) is 10.9. The van der Waals surface area contributed by atoms with Crippen LogP contribution in [0.25, 0.3) is 0 Å². The van der Waals surface area contributed by atoms with Crippen LogP contribution in [0.2, 0.25) is 0 Å². The van der Waals surface area contributed by atoms with E-state index in [9.17, 15) is 25.2 Å². The highest BCUT2D eigenvalue weighted by atomic mass is 16.3. The molecule has 0 unspecified atom stereocenters. The zero-order valence-electron chi connectivity index (χ0n) is 22.1. The van der Waals surface area contributed by atoms with Crippen LogP contribution < -0.4 is 0 Å². The molecule has 0 aromatic rings. The van der Waals surface area contributed by atoms with Crippen molar-refractivity contribution in [3.8, 4) is 0 Å². The Labute approximate surface area is 211 Å². The van der Waals surface area contributed by atoms with Gasteiger partial charge in [-0.15, -0.1) is 0 Å². The van der Waals surface area contributed by atoms with Gasteiger partial charge < -0.3 is 20.4 Å². The van der Waals surface area contributed by atoms with Crippen molar-refractivity contribution in [2.24, 2.45) is 17.3 Å². The van der Waals surface area contributed by atoms with Crippen molar-refractivity contribution in [2.45, 2.75) is 90.8 Å². The van der Waals surface area contributed by atoms with Gasteiger partial charge in [0.2, 0.25) is 0 Å². The van der Waals surface area contributed by atoms with E-state index < -0.39 is 17.1 Å². The van der Waals surface area contributed by atoms with Crippen molar-refractivity contribution in [1.29, 1.82) is 0 Å². The van der Waals surface area contributed by atoms with Gasteiger partial charge in [0.1, 0.15) is 6.29 Å². The Kier molecular flexibility index (Phi) is 10.9. The Hall–Kier alpha value is -1.79. The van der Waals surface area contributed by atoms with Crippen LogP contribution >= 0.6 is 0 Å². The van der Waals surface area contributed by atoms with Gasteiger partial charge in [-0.1, -0.05) is 47.6 Å². The number of carbonyl (C=O) groups excluding carboxylic acids is 1. The van der Waals surface area contributed by atoms with Gasteiger partial charge in [-0.3, -0.25) is 4.79 Å². The van der Waals surface area contributed by atoms with E-state index in [1.807, 2.05) is 18.2 Å². The summed E-state index contributed by atoms with van der Waals surface area (Å²) < 4.78 is 0. The Morgan fingerprint density at radius 1 is 1.20 bits per heavy atom. The van der Waals surface area contributed by atoms with Gasteiger partial charge in [-0.25, -0.2) is 0 Å². The third-order valence-corrected chi connectivity index (χ3v) is 8.36. The minimum absolute atomic E-state index is 0.0196. The highest BCUT2D eigenvalue weighted by molar-refractivity contribution is 5.74. The fourth-order valence-corrected chi connectivity index (χ4v) is 6.39. The summed E-state index contributed by atoms with van der Waals surface area (Å²) in [6, 6.07) is 0. The van der Waals surface area contributed by atoms with Crippen LogP contribution in [-0.2, 0) is 4.79 Å². The molecule has 2 aliphatic carbocycles. The molecule has 5 heteroatoms. The van der Waals surface area contributed by atoms with Gasteiger partial charge in [-0.2, -0.15) is 0 Å². The molecular weight excluding hydrogens is 440 g/mol. The van der Waals surface area contributed by atoms with Crippen molar-refractivity contribution < 1.29 is 25.2 Å². The zero-order valence-corrected chi connectivity index (χ0v) is 22.1. The quantitative estimate of drug-likeness (QED) is 0.143. The summed E-state index contributed by atoms with van der Waals surface area (Å²) in [5, 5.41) is 43.1. The summed E-state index contributed by atoms with van der Waals surface area (Å²) >= 11 is 0. The molecule has 0 saturated heterocycles. The van der Waals surface area contributed by atoms with Crippen molar-refractivity contribution in [3.63, 3.8) is 0 Å². The first kappa shape index (κ1) is 29.4. The lowest BCUT2D eigenvalue weighted by atomic mass is 9.52. The molecule has 0 bridgehead atoms. The van der Waals surface area contributed by atoms with Crippen LogP contribution in [0.15, 0.2) is 58.7 Å². The molecule has 0 aromatic heterocycles. The first-order valence-electron chi connectivity index (χ1n) is 13.0. The molecule has 0 aliphatic heterocycles. The number of hydrogen-bond acceptors (Lipinski definition) is 5. The van der Waals surface area contributed by atoms with Gasteiger partial charge in [0, 0.05) is 17.9 Å². The fraction of sp³-hybridized carbons (Fsp3) is 0.633. The molecule has 1 spiro atoms. The topological polar surface area (TPSA) is 98.0 Å². The third-order valence-electron chi connectivity index (χ3n) is 8.36. The summed E-state index contributed by atoms with van der Waals surface area (Å²) in [6.07, 6.45) is 13.1. The van der Waals surface area contributed by atoms with E-state index in [1.165, 1.54) is 5.57 Å². The molecule has 5 nitrogen and oxygen atoms in total. The first-order chi connectivity index (χ1) is 16.6. The third kappa shape index (κ3) is 6.51. The minimum Gasteiger partial charge on any atom is -0.396 e. The van der Waals surface area contributed by atoms with E-state index in [4.69, 9.17) is 0 Å². The van der Waals surface area contributed by atoms with E-state index in [2.05, 4.69) is 26.5 Å². The van der Waals surface area contributed by atoms with Crippen LogP contribution in [0.3, 0.4) is 0 Å². The number of aliphatic hydroxyl groups is 4. The molecule has 2 rings (SSSR count). The van der Waals surface area contributed by atoms with E-state index in [0.29, 0.717) is 44.1 Å². The maximum atomic E-state index is 11.8. The molecule has 0 heterocycles. The maximum absolute atomic E-state index is 11.8. The second kappa shape index (κ2) is 13.0. The lowest BCUT2D eigenvalue weighted by Gasteiger charge is -2.55. The summed E-state index contributed by atoms with van der Waals surface area (Å²) in [7, 11) is 0. The predicted octanol–water partition coefficient (Wildman–Crippen LogP) is 4.97. The van der Waals surface area contributed by atoms with Crippen LogP contribution in [0.1, 0.15) is 79.1 Å². The standard InChI is InChI=1S/C30H46O5/c1-21(2)9-6-10-22(3)11-7-12-24(20-33)26-15-17-30(28(26)34)27(13-8-18-31)25(23(4)19-32)14-16-29(30,5)35/h7,9,11-12,19,26-28,31,33-35H,3,6,8,10,13-18,20H2,1-2,4-5H3/b11-7+,24-12+,25-23+/t26-,27+,28+,29-,30-/m0/s1. The molecule has 2 aliphatic rings. The van der Waals surface area contributed by atoms with Crippen LogP contribution in [0.5, 0.6) is 0 Å². The van der Waals surface area contributed by atoms with Gasteiger partial charge in [-0.05, 0) is 96.1 Å². The highest BCUT2D eigenvalue weighted by Gasteiger charge is 2.63. The number of hydrogen-bond donors (Lipinski definition) is 4. The fourth-order valence-electron chi connectivity index (χ4n) is 6.39. The lowest BCUT2D eigenvalue weighted by molar-refractivity contribution is -0.167. The Balaban J connectivity index is 2.35. The van der Waals surface area contributed by atoms with Crippen molar-refractivity contribution >= 4 is 6.29 Å². The summed E-state index contributed by atoms with van der Waals surface area (Å²) in [6.45, 7) is 11.7. The second-order valence-corrected chi connectivity index (χ2v) is 10.9. The minimum atomic E-state index is -1.12. The molecule has 196 valence electrons. The molecule has 0 amide bonds. The highest BCUT2D eigenvalue weighted by Crippen LogP contribution is 2.62. The van der Waals surface area contributed by atoms with Crippen LogP contribution in [0.4, 0.5) is 0 Å². The van der Waals surface area contributed by atoms with E-state index >= 15 is 0 Å². The molecule has 4 N–H and O–H groups in total. The zero-order chi connectivity index (χ0) is 26.2. The van der Waals surface area contributed by atoms with Crippen LogP contribution in [0, 0.1) is 17.3 Å². The number of carbonyl (C=O) groups is 1. The number of aliphatic hydroxyl groups excluding tert-OH is 3. The molecule has 2 fully saturated rings. The molecular formula is C30H46O5. The average molecular weight is 487 g/mol. The van der Waals surface area contributed by atoms with Crippen molar-refractivity contribution in [2.75, 3.05) is 13.2 Å². The molecule has 0 radical (unpaired) electrons. The number of aldehydes is 1. The van der Waals surface area contributed by atoms with E-state index in [1.54, 1.807) is 13.8 Å². The largest absolute Gasteiger partial charge is 0.396 e. The van der Waals surface area contributed by atoms with Gasteiger partial charge >= 0.3 is 0 Å². The van der Waals surface area contributed by atoms with Crippen molar-refractivity contribution in [3.05, 3.63) is 58.7 Å². The maximum Gasteiger partial charge on any atom is 0.145 e. The number of allylic oxidation sites excluding steroid dienone is 8. The van der Waals surface area contributed by atoms with Crippen molar-refractivity contribution in [1.82, 2.24) is 0 Å². The summed E-state index contributed by atoms with van der Waals surface area (Å²) in [5.74, 6) is -0.489. The summed E-state index contributed by atoms with van der Waals surface area (Å²) in [5.41, 5.74) is 2.71. The van der Waals surface area contributed by atoms with Gasteiger partial charge in [0.15, 0.2) is 0 Å². The van der Waals surface area contributed by atoms with E-state index in [0.717, 1.165) is 35.8 Å². The number of rotatable bonds is 11. The Bertz CT molecular complexity index is 871. The Morgan fingerprint density at radius 3 is 2.51 bits per heavy atom. The monoisotopic (exact) mass is 486 g/mol. The van der Waals surface area contributed by atoms with E-state index in [-0.39, 0.29) is 25.0 Å². The normalized spacial score (nSPS) is 32.8. The molecule has 35 heavy (non-hydrogen) atoms. The smallest absolute Gasteiger partial charge is 0.145 e. The molecule has 0 aromatic carbocycles. The lowest BCUT2D eigenvalue weighted by Crippen LogP contribution is -2.59. The average Bonchev–Trinajstić information content (AvgIpc) is 3.15.